The van der Waals surface area contributed by atoms with E-state index in [9.17, 15) is 4.79 Å². The predicted molar refractivity (Wildman–Crippen MR) is 147 cm³/mol. The van der Waals surface area contributed by atoms with Crippen LogP contribution in [0.25, 0.3) is 0 Å². The molecule has 2 N–H and O–H groups in total. The predicted octanol–water partition coefficient (Wildman–Crippen LogP) is 4.22. The molecule has 2 aromatic carbocycles. The van der Waals surface area contributed by atoms with E-state index in [1.54, 1.807) is 18.2 Å². The minimum Gasteiger partial charge on any atom is -0.405 e. The lowest BCUT2D eigenvalue weighted by Gasteiger charge is -2.43. The highest BCUT2D eigenvalue weighted by molar-refractivity contribution is 9.10. The van der Waals surface area contributed by atoms with Crippen molar-refractivity contribution in [3.8, 4) is 0 Å². The lowest BCUT2D eigenvalue weighted by Crippen LogP contribution is -2.67. The molecule has 1 aromatic heterocycles. The first-order valence-corrected chi connectivity index (χ1v) is 14.5. The van der Waals surface area contributed by atoms with Gasteiger partial charge in [0.05, 0.1) is 12.6 Å². The van der Waals surface area contributed by atoms with Crippen molar-refractivity contribution in [1.82, 2.24) is 15.8 Å². The van der Waals surface area contributed by atoms with Crippen molar-refractivity contribution in [1.29, 1.82) is 0 Å². The van der Waals surface area contributed by atoms with Gasteiger partial charge in [0.25, 0.3) is 14.2 Å². The average Bonchev–Trinajstić information content (AvgIpc) is 3.31. The van der Waals surface area contributed by atoms with Crippen molar-refractivity contribution in [2.75, 3.05) is 6.61 Å². The molecule has 0 unspecified atom stereocenters. The zero-order valence-corrected chi connectivity index (χ0v) is 22.9. The summed E-state index contributed by atoms with van der Waals surface area (Å²) in [5.74, 6) is 0.449. The first kappa shape index (κ1) is 25.3. The Labute approximate surface area is 216 Å². The Morgan fingerprint density at radius 3 is 2.20 bits per heavy atom. The lowest BCUT2D eigenvalue weighted by atomic mass is 10.2. The van der Waals surface area contributed by atoms with Crippen molar-refractivity contribution >= 4 is 46.4 Å². The van der Waals surface area contributed by atoms with Crippen LogP contribution in [0.5, 0.6) is 0 Å². The molecule has 6 nitrogen and oxygen atoms in total. The molecule has 1 aliphatic rings. The summed E-state index contributed by atoms with van der Waals surface area (Å²) in [5, 5.41) is 2.44. The number of carbonyl (C=O) groups excluding carboxylic acids is 1. The Morgan fingerprint density at radius 2 is 1.63 bits per heavy atom. The number of aromatic nitrogens is 1. The van der Waals surface area contributed by atoms with Crippen LogP contribution in [0.3, 0.4) is 0 Å². The summed E-state index contributed by atoms with van der Waals surface area (Å²) in [6.45, 7) is 7.35. The summed E-state index contributed by atoms with van der Waals surface area (Å²) in [7, 11) is -2.60. The largest absolute Gasteiger partial charge is 0.405 e. The van der Waals surface area contributed by atoms with Gasteiger partial charge in [0.15, 0.2) is 0 Å². The van der Waals surface area contributed by atoms with Crippen molar-refractivity contribution in [2.24, 2.45) is 4.99 Å². The highest BCUT2D eigenvalue weighted by atomic mass is 79.9. The van der Waals surface area contributed by atoms with E-state index >= 15 is 0 Å². The maximum absolute atomic E-state index is 12.4. The third kappa shape index (κ3) is 5.71. The number of pyridine rings is 1. The van der Waals surface area contributed by atoms with Gasteiger partial charge in [-0.2, -0.15) is 0 Å². The van der Waals surface area contributed by atoms with Gasteiger partial charge in [-0.05, 0) is 49.9 Å². The van der Waals surface area contributed by atoms with E-state index in [2.05, 4.69) is 101 Å². The molecular weight excluding hydrogens is 520 g/mol. The third-order valence-electron chi connectivity index (χ3n) is 6.23. The van der Waals surface area contributed by atoms with Crippen LogP contribution in [0.4, 0.5) is 0 Å². The number of amidine groups is 1. The fourth-order valence-corrected chi connectivity index (χ4v) is 9.52. The molecule has 0 saturated heterocycles. The monoisotopic (exact) mass is 550 g/mol. The average molecular weight is 552 g/mol. The number of hydrazine groups is 1. The number of nitrogens with zero attached hydrogens (tertiary/aromatic N) is 2. The molecule has 1 amide bonds. The van der Waals surface area contributed by atoms with Crippen LogP contribution >= 0.6 is 15.9 Å². The van der Waals surface area contributed by atoms with Gasteiger partial charge in [-0.15, -0.1) is 0 Å². The van der Waals surface area contributed by atoms with Crippen LogP contribution in [0.2, 0.25) is 5.04 Å². The SMILES string of the molecule is CC(C)(C)[Si](OC[C@H]1CCC(NNC(=O)c2cccc(Br)n2)=N1)(c1ccccc1)c1ccccc1. The van der Waals surface area contributed by atoms with Gasteiger partial charge in [-0.3, -0.25) is 20.6 Å². The second-order valence-electron chi connectivity index (χ2n) is 9.67. The topological polar surface area (TPSA) is 75.6 Å². The van der Waals surface area contributed by atoms with Crippen molar-refractivity contribution < 1.29 is 9.22 Å². The fourth-order valence-electron chi connectivity index (χ4n) is 4.58. The second-order valence-corrected chi connectivity index (χ2v) is 14.8. The van der Waals surface area contributed by atoms with E-state index < -0.39 is 8.32 Å². The van der Waals surface area contributed by atoms with Gasteiger partial charge < -0.3 is 4.43 Å². The maximum Gasteiger partial charge on any atom is 0.288 e. The number of hydrogen-bond acceptors (Lipinski definition) is 5. The molecule has 0 aliphatic carbocycles. The molecule has 1 aliphatic heterocycles. The number of aliphatic imine (C=N–C) groups is 1. The molecule has 0 spiro atoms. The van der Waals surface area contributed by atoms with Gasteiger partial charge in [0.2, 0.25) is 0 Å². The van der Waals surface area contributed by atoms with Crippen LogP contribution in [0, 0.1) is 0 Å². The Bertz CT molecular complexity index is 1140. The van der Waals surface area contributed by atoms with Crippen LogP contribution < -0.4 is 21.2 Å². The zero-order valence-electron chi connectivity index (χ0n) is 20.3. The van der Waals surface area contributed by atoms with Gasteiger partial charge in [0.1, 0.15) is 16.1 Å². The van der Waals surface area contributed by atoms with Crippen LogP contribution in [-0.2, 0) is 4.43 Å². The number of halogens is 1. The summed E-state index contributed by atoms with van der Waals surface area (Å²) >= 11 is 3.29. The molecule has 0 fully saturated rings. The van der Waals surface area contributed by atoms with Crippen molar-refractivity contribution in [3.05, 3.63) is 89.2 Å². The Morgan fingerprint density at radius 1 is 1.00 bits per heavy atom. The summed E-state index contributed by atoms with van der Waals surface area (Å²) in [6, 6.07) is 26.5. The first-order valence-electron chi connectivity index (χ1n) is 11.8. The molecule has 0 bridgehead atoms. The fraction of sp³-hybridized carbons (Fsp3) is 0.296. The molecule has 1 atom stereocenters. The molecule has 3 aromatic rings. The van der Waals surface area contributed by atoms with E-state index in [4.69, 9.17) is 9.42 Å². The molecule has 8 heteroatoms. The number of benzene rings is 2. The first-order chi connectivity index (χ1) is 16.8. The Kier molecular flexibility index (Phi) is 7.84. The normalized spacial score (nSPS) is 16.0. The Hall–Kier alpha value is -2.81. The number of amides is 1. The van der Waals surface area contributed by atoms with E-state index in [-0.39, 0.29) is 17.0 Å². The summed E-state index contributed by atoms with van der Waals surface area (Å²) in [4.78, 5) is 21.4. The quantitative estimate of drug-likeness (QED) is 0.274. The van der Waals surface area contributed by atoms with Crippen LogP contribution in [0.15, 0.2) is 88.5 Å². The van der Waals surface area contributed by atoms with Gasteiger partial charge in [0, 0.05) is 6.42 Å². The van der Waals surface area contributed by atoms with Gasteiger partial charge in [-0.25, -0.2) is 4.98 Å². The number of nitrogens with one attached hydrogen (secondary N) is 2. The standard InChI is InChI=1S/C27H31BrN4O2Si/c1-27(2,3)35(21-11-6-4-7-12-21,22-13-8-5-9-14-22)34-19-20-17-18-25(29-20)31-32-26(33)23-15-10-16-24(28)30-23/h4-16,20H,17-19H2,1-3H3,(H,29,31)(H,32,33)/t20-/m1/s1. The highest BCUT2D eigenvalue weighted by Gasteiger charge is 2.50. The van der Waals surface area contributed by atoms with E-state index in [0.717, 1.165) is 18.7 Å². The molecule has 182 valence electrons. The van der Waals surface area contributed by atoms with Crippen LogP contribution in [0.1, 0.15) is 44.1 Å². The third-order valence-corrected chi connectivity index (χ3v) is 11.7. The van der Waals surface area contributed by atoms with Crippen molar-refractivity contribution in [3.63, 3.8) is 0 Å². The minimum absolute atomic E-state index is 0.0278. The molecule has 2 heterocycles. The zero-order chi connectivity index (χ0) is 24.9. The molecular formula is C27H31BrN4O2Si. The number of hydrogen-bond donors (Lipinski definition) is 2. The van der Waals surface area contributed by atoms with Gasteiger partial charge >= 0.3 is 0 Å². The van der Waals surface area contributed by atoms with Crippen molar-refractivity contribution in [2.45, 2.75) is 44.7 Å². The smallest absolute Gasteiger partial charge is 0.288 e. The summed E-state index contributed by atoms with van der Waals surface area (Å²) in [5.41, 5.74) is 6.00. The number of rotatable bonds is 6. The molecule has 4 rings (SSSR count). The molecule has 0 radical (unpaired) electrons. The minimum atomic E-state index is -2.60. The lowest BCUT2D eigenvalue weighted by molar-refractivity contribution is 0.0938. The Balaban J connectivity index is 1.49. The summed E-state index contributed by atoms with van der Waals surface area (Å²) in [6.07, 6.45) is 1.62. The maximum atomic E-state index is 12.4. The van der Waals surface area contributed by atoms with Crippen LogP contribution in [-0.4, -0.2) is 37.7 Å². The molecule has 0 saturated carbocycles. The number of carbonyl (C=O) groups is 1. The van der Waals surface area contributed by atoms with E-state index in [0.29, 0.717) is 16.9 Å². The highest BCUT2D eigenvalue weighted by Crippen LogP contribution is 2.37. The molecule has 35 heavy (non-hydrogen) atoms. The second kappa shape index (κ2) is 10.8. The van der Waals surface area contributed by atoms with E-state index in [1.165, 1.54) is 10.4 Å². The summed E-state index contributed by atoms with van der Waals surface area (Å²) < 4.78 is 7.62. The van der Waals surface area contributed by atoms with Gasteiger partial charge in [-0.1, -0.05) is 87.5 Å². The van der Waals surface area contributed by atoms with E-state index in [1.807, 2.05) is 12.1 Å².